The molecule has 0 bridgehead atoms. The summed E-state index contributed by atoms with van der Waals surface area (Å²) in [5.41, 5.74) is 0. The third-order valence-corrected chi connectivity index (χ3v) is 4.76. The van der Waals surface area contributed by atoms with Crippen molar-refractivity contribution in [2.24, 2.45) is 10.9 Å². The number of ether oxygens (including phenoxy) is 2. The molecule has 1 N–H and O–H groups in total. The van der Waals surface area contributed by atoms with Gasteiger partial charge in [-0.1, -0.05) is 25.7 Å². The van der Waals surface area contributed by atoms with Gasteiger partial charge in [0.05, 0.1) is 25.9 Å². The van der Waals surface area contributed by atoms with Crippen molar-refractivity contribution in [1.82, 2.24) is 10.2 Å². The van der Waals surface area contributed by atoms with Gasteiger partial charge in [-0.25, -0.2) is 0 Å². The maximum absolute atomic E-state index is 6.03. The summed E-state index contributed by atoms with van der Waals surface area (Å²) in [5.74, 6) is 1.62. The molecule has 1 saturated heterocycles. The molecule has 1 aliphatic heterocycles. The van der Waals surface area contributed by atoms with Gasteiger partial charge in [-0.2, -0.15) is 0 Å². The average molecular weight is 325 g/mol. The van der Waals surface area contributed by atoms with E-state index < -0.39 is 0 Å². The second-order valence-corrected chi connectivity index (χ2v) is 6.83. The van der Waals surface area contributed by atoms with E-state index in [0.29, 0.717) is 12.0 Å². The van der Waals surface area contributed by atoms with Crippen LogP contribution >= 0.6 is 0 Å². The molecule has 2 fully saturated rings. The number of aliphatic imine (C=N–C) groups is 1. The zero-order chi connectivity index (χ0) is 16.3. The first-order valence-electron chi connectivity index (χ1n) is 9.48. The number of hydrogen-bond acceptors (Lipinski definition) is 3. The van der Waals surface area contributed by atoms with Crippen LogP contribution in [0.15, 0.2) is 4.99 Å². The summed E-state index contributed by atoms with van der Waals surface area (Å²) in [7, 11) is 2.12. The van der Waals surface area contributed by atoms with Crippen molar-refractivity contribution < 1.29 is 9.47 Å². The van der Waals surface area contributed by atoms with Crippen molar-refractivity contribution in [3.8, 4) is 0 Å². The summed E-state index contributed by atoms with van der Waals surface area (Å²) in [6.07, 6.45) is 9.47. The smallest absolute Gasteiger partial charge is 0.193 e. The van der Waals surface area contributed by atoms with Crippen molar-refractivity contribution in [3.63, 3.8) is 0 Å². The van der Waals surface area contributed by atoms with Crippen molar-refractivity contribution in [2.75, 3.05) is 46.5 Å². The predicted octanol–water partition coefficient (Wildman–Crippen LogP) is 2.66. The second-order valence-electron chi connectivity index (χ2n) is 6.83. The summed E-state index contributed by atoms with van der Waals surface area (Å²) in [5, 5.41) is 3.38. The molecule has 0 aromatic carbocycles. The average Bonchev–Trinajstić information content (AvgIpc) is 2.92. The Morgan fingerprint density at radius 3 is 2.65 bits per heavy atom. The topological polar surface area (TPSA) is 46.1 Å². The normalized spacial score (nSPS) is 23.7. The first-order chi connectivity index (χ1) is 11.3. The molecule has 0 radical (unpaired) electrons. The Kier molecular flexibility index (Phi) is 8.76. The van der Waals surface area contributed by atoms with Gasteiger partial charge in [-0.15, -0.1) is 0 Å². The minimum atomic E-state index is 0.462. The molecule has 0 aromatic heterocycles. The molecule has 1 unspecified atom stereocenters. The molecule has 2 rings (SSSR count). The maximum atomic E-state index is 6.03. The van der Waals surface area contributed by atoms with E-state index in [4.69, 9.17) is 14.5 Å². The van der Waals surface area contributed by atoms with Gasteiger partial charge in [0.25, 0.3) is 0 Å². The maximum Gasteiger partial charge on any atom is 0.193 e. The van der Waals surface area contributed by atoms with Gasteiger partial charge in [0.15, 0.2) is 5.96 Å². The van der Waals surface area contributed by atoms with Crippen LogP contribution in [0, 0.1) is 5.92 Å². The van der Waals surface area contributed by atoms with Crippen LogP contribution in [0.1, 0.15) is 51.9 Å². The lowest BCUT2D eigenvalue weighted by molar-refractivity contribution is 0.0486. The Morgan fingerprint density at radius 1 is 1.22 bits per heavy atom. The lowest BCUT2D eigenvalue weighted by atomic mass is 10.1. The fraction of sp³-hybridized carbons (Fsp3) is 0.944. The van der Waals surface area contributed by atoms with E-state index in [2.05, 4.69) is 24.2 Å². The molecule has 23 heavy (non-hydrogen) atoms. The largest absolute Gasteiger partial charge is 0.381 e. The van der Waals surface area contributed by atoms with Crippen molar-refractivity contribution >= 4 is 5.96 Å². The molecular formula is C18H35N3O2. The highest BCUT2D eigenvalue weighted by molar-refractivity contribution is 5.79. The molecule has 0 amide bonds. The van der Waals surface area contributed by atoms with Crippen LogP contribution in [0.3, 0.4) is 0 Å². The van der Waals surface area contributed by atoms with Gasteiger partial charge < -0.3 is 19.7 Å². The molecule has 1 atom stereocenters. The number of guanidine groups is 1. The standard InChI is InChI=1S/C18H35N3O2/c1-3-19-18(21(2)14-16-10-12-22-15-16)20-11-13-23-17-8-6-4-5-7-9-17/h16-17H,3-15H2,1-2H3,(H,19,20). The summed E-state index contributed by atoms with van der Waals surface area (Å²) in [4.78, 5) is 6.96. The van der Waals surface area contributed by atoms with E-state index in [0.717, 1.165) is 51.8 Å². The molecule has 1 aliphatic carbocycles. The van der Waals surface area contributed by atoms with Crippen LogP contribution in [-0.4, -0.2) is 63.5 Å². The Hall–Kier alpha value is -0.810. The molecule has 2 aliphatic rings. The van der Waals surface area contributed by atoms with Crippen molar-refractivity contribution in [2.45, 2.75) is 58.0 Å². The molecule has 134 valence electrons. The Bertz CT molecular complexity index is 335. The highest BCUT2D eigenvalue weighted by Gasteiger charge is 2.19. The van der Waals surface area contributed by atoms with Gasteiger partial charge in [-0.05, 0) is 26.2 Å². The lowest BCUT2D eigenvalue weighted by Crippen LogP contribution is -2.41. The van der Waals surface area contributed by atoms with Crippen LogP contribution in [-0.2, 0) is 9.47 Å². The molecular weight excluding hydrogens is 290 g/mol. The molecule has 5 heteroatoms. The van der Waals surface area contributed by atoms with Crippen molar-refractivity contribution in [1.29, 1.82) is 0 Å². The zero-order valence-electron chi connectivity index (χ0n) is 15.1. The highest BCUT2D eigenvalue weighted by Crippen LogP contribution is 2.19. The minimum absolute atomic E-state index is 0.462. The van der Waals surface area contributed by atoms with E-state index >= 15 is 0 Å². The van der Waals surface area contributed by atoms with E-state index in [1.54, 1.807) is 0 Å². The first-order valence-corrected chi connectivity index (χ1v) is 9.48. The monoisotopic (exact) mass is 325 g/mol. The van der Waals surface area contributed by atoms with Crippen LogP contribution in [0.2, 0.25) is 0 Å². The van der Waals surface area contributed by atoms with Crippen molar-refractivity contribution in [3.05, 3.63) is 0 Å². The fourth-order valence-electron chi connectivity index (χ4n) is 3.45. The number of nitrogens with one attached hydrogen (secondary N) is 1. The van der Waals surface area contributed by atoms with E-state index in [-0.39, 0.29) is 0 Å². The van der Waals surface area contributed by atoms with Gasteiger partial charge in [0.1, 0.15) is 0 Å². The molecule has 0 spiro atoms. The predicted molar refractivity (Wildman–Crippen MR) is 95.0 cm³/mol. The van der Waals surface area contributed by atoms with E-state index in [9.17, 15) is 0 Å². The number of nitrogens with zero attached hydrogens (tertiary/aromatic N) is 2. The lowest BCUT2D eigenvalue weighted by Gasteiger charge is -2.24. The summed E-state index contributed by atoms with van der Waals surface area (Å²) >= 11 is 0. The summed E-state index contributed by atoms with van der Waals surface area (Å²) in [6, 6.07) is 0. The Morgan fingerprint density at radius 2 is 2.00 bits per heavy atom. The van der Waals surface area contributed by atoms with Gasteiger partial charge in [0, 0.05) is 32.7 Å². The number of hydrogen-bond donors (Lipinski definition) is 1. The van der Waals surface area contributed by atoms with Crippen LogP contribution in [0.5, 0.6) is 0 Å². The third kappa shape index (κ3) is 7.08. The molecule has 1 saturated carbocycles. The molecule has 5 nitrogen and oxygen atoms in total. The Balaban J connectivity index is 1.71. The first kappa shape index (κ1) is 18.5. The van der Waals surface area contributed by atoms with Gasteiger partial charge >= 0.3 is 0 Å². The minimum Gasteiger partial charge on any atom is -0.381 e. The van der Waals surface area contributed by atoms with E-state index in [1.807, 2.05) is 0 Å². The third-order valence-electron chi connectivity index (χ3n) is 4.76. The quantitative estimate of drug-likeness (QED) is 0.338. The fourth-order valence-corrected chi connectivity index (χ4v) is 3.45. The zero-order valence-corrected chi connectivity index (χ0v) is 15.1. The summed E-state index contributed by atoms with van der Waals surface area (Å²) in [6.45, 7) is 7.29. The van der Waals surface area contributed by atoms with Crippen LogP contribution in [0.25, 0.3) is 0 Å². The van der Waals surface area contributed by atoms with Gasteiger partial charge in [0.2, 0.25) is 0 Å². The SMILES string of the molecule is CCNC(=NCCOC1CCCCCC1)N(C)CC1CCOC1. The molecule has 0 aromatic rings. The Labute approximate surface area is 141 Å². The van der Waals surface area contributed by atoms with Crippen LogP contribution in [0.4, 0.5) is 0 Å². The summed E-state index contributed by atoms with van der Waals surface area (Å²) < 4.78 is 11.5. The van der Waals surface area contributed by atoms with Crippen LogP contribution < -0.4 is 5.32 Å². The highest BCUT2D eigenvalue weighted by atomic mass is 16.5. The van der Waals surface area contributed by atoms with Gasteiger partial charge in [-0.3, -0.25) is 4.99 Å². The van der Waals surface area contributed by atoms with E-state index in [1.165, 1.54) is 38.5 Å². The second kappa shape index (κ2) is 10.9. The number of rotatable bonds is 7. The molecule has 1 heterocycles.